The Balaban J connectivity index is 1.36. The van der Waals surface area contributed by atoms with Gasteiger partial charge in [-0.25, -0.2) is 9.78 Å². The first kappa shape index (κ1) is 20.5. The third-order valence-corrected chi connectivity index (χ3v) is 5.15. The molecule has 3 rings (SSSR count). The summed E-state index contributed by atoms with van der Waals surface area (Å²) in [6, 6.07) is 19.7. The number of para-hydroxylation sites is 1. The standard InChI is InChI=1S/C22H23N3O3S/c1-25(18-11-6-3-7-12-18)14-8-13-23-20(26)15-28-22(27)19-16-29-21(24-19)17-9-4-2-5-10-17/h2-7,9-12,16H,8,13-15H2,1H3,(H,23,26). The van der Waals surface area contributed by atoms with Crippen LogP contribution in [0.1, 0.15) is 16.9 Å². The lowest BCUT2D eigenvalue weighted by molar-refractivity contribution is -0.124. The van der Waals surface area contributed by atoms with Crippen LogP contribution in [0.4, 0.5) is 5.69 Å². The van der Waals surface area contributed by atoms with E-state index in [9.17, 15) is 9.59 Å². The van der Waals surface area contributed by atoms with Crippen LogP contribution in [0.2, 0.25) is 0 Å². The SMILES string of the molecule is CN(CCCNC(=O)COC(=O)c1csc(-c2ccccc2)n1)c1ccccc1. The zero-order valence-electron chi connectivity index (χ0n) is 16.2. The smallest absolute Gasteiger partial charge is 0.358 e. The number of esters is 1. The first-order valence-electron chi connectivity index (χ1n) is 9.34. The van der Waals surface area contributed by atoms with Gasteiger partial charge in [-0.2, -0.15) is 0 Å². The molecule has 150 valence electrons. The molecule has 0 spiro atoms. The number of carbonyl (C=O) groups is 2. The molecule has 0 unspecified atom stereocenters. The minimum Gasteiger partial charge on any atom is -0.451 e. The van der Waals surface area contributed by atoms with E-state index in [0.717, 1.165) is 29.2 Å². The number of anilines is 1. The van der Waals surface area contributed by atoms with Crippen LogP contribution in [-0.4, -0.2) is 43.6 Å². The van der Waals surface area contributed by atoms with Crippen molar-refractivity contribution in [3.05, 3.63) is 71.7 Å². The van der Waals surface area contributed by atoms with E-state index in [1.807, 2.05) is 67.7 Å². The van der Waals surface area contributed by atoms with Crippen LogP contribution in [0.15, 0.2) is 66.0 Å². The first-order chi connectivity index (χ1) is 14.1. The fraction of sp³-hybridized carbons (Fsp3) is 0.227. The molecule has 0 aliphatic heterocycles. The summed E-state index contributed by atoms with van der Waals surface area (Å²) in [5, 5.41) is 5.15. The van der Waals surface area contributed by atoms with E-state index in [-0.39, 0.29) is 18.2 Å². The van der Waals surface area contributed by atoms with Gasteiger partial charge in [-0.05, 0) is 18.6 Å². The van der Waals surface area contributed by atoms with Crippen molar-refractivity contribution in [1.82, 2.24) is 10.3 Å². The Morgan fingerprint density at radius 2 is 1.76 bits per heavy atom. The summed E-state index contributed by atoms with van der Waals surface area (Å²) in [5.41, 5.74) is 2.28. The molecule has 0 saturated heterocycles. The number of carbonyl (C=O) groups excluding carboxylic acids is 2. The molecule has 0 aliphatic rings. The van der Waals surface area contributed by atoms with Crippen LogP contribution in [0.3, 0.4) is 0 Å². The molecule has 7 heteroatoms. The Labute approximate surface area is 174 Å². The van der Waals surface area contributed by atoms with Crippen LogP contribution >= 0.6 is 11.3 Å². The molecular formula is C22H23N3O3S. The van der Waals surface area contributed by atoms with Gasteiger partial charge in [0, 0.05) is 36.8 Å². The van der Waals surface area contributed by atoms with Crippen LogP contribution in [0, 0.1) is 0 Å². The van der Waals surface area contributed by atoms with Gasteiger partial charge < -0.3 is 15.0 Å². The van der Waals surface area contributed by atoms with Gasteiger partial charge in [-0.1, -0.05) is 48.5 Å². The van der Waals surface area contributed by atoms with Crippen LogP contribution in [-0.2, 0) is 9.53 Å². The molecule has 2 aromatic carbocycles. The van der Waals surface area contributed by atoms with Crippen molar-refractivity contribution in [3.8, 4) is 10.6 Å². The summed E-state index contributed by atoms with van der Waals surface area (Å²) in [7, 11) is 2.01. The van der Waals surface area contributed by atoms with Gasteiger partial charge in [0.2, 0.25) is 0 Å². The van der Waals surface area contributed by atoms with E-state index in [4.69, 9.17) is 4.74 Å². The van der Waals surface area contributed by atoms with Gasteiger partial charge in [-0.3, -0.25) is 4.79 Å². The monoisotopic (exact) mass is 409 g/mol. The number of rotatable bonds is 9. The number of hydrogen-bond acceptors (Lipinski definition) is 6. The second kappa shape index (κ2) is 10.4. The Bertz CT molecular complexity index is 929. The van der Waals surface area contributed by atoms with Crippen molar-refractivity contribution >= 4 is 28.9 Å². The lowest BCUT2D eigenvalue weighted by Gasteiger charge is -2.19. The summed E-state index contributed by atoms with van der Waals surface area (Å²) < 4.78 is 5.07. The topological polar surface area (TPSA) is 71.5 Å². The quantitative estimate of drug-likeness (QED) is 0.432. The molecule has 29 heavy (non-hydrogen) atoms. The molecule has 3 aromatic rings. The highest BCUT2D eigenvalue weighted by molar-refractivity contribution is 7.13. The maximum absolute atomic E-state index is 12.1. The van der Waals surface area contributed by atoms with Crippen molar-refractivity contribution in [2.45, 2.75) is 6.42 Å². The molecule has 0 fully saturated rings. The van der Waals surface area contributed by atoms with E-state index >= 15 is 0 Å². The number of benzene rings is 2. The van der Waals surface area contributed by atoms with Crippen molar-refractivity contribution in [1.29, 1.82) is 0 Å². The lowest BCUT2D eigenvalue weighted by Crippen LogP contribution is -2.31. The molecule has 1 aromatic heterocycles. The molecule has 0 saturated carbocycles. The predicted octanol–water partition coefficient (Wildman–Crippen LogP) is 3.61. The van der Waals surface area contributed by atoms with Gasteiger partial charge in [0.05, 0.1) is 0 Å². The lowest BCUT2D eigenvalue weighted by atomic mass is 10.2. The van der Waals surface area contributed by atoms with Gasteiger partial charge in [0.15, 0.2) is 12.3 Å². The maximum atomic E-state index is 12.1. The van der Waals surface area contributed by atoms with Crippen LogP contribution < -0.4 is 10.2 Å². The number of ether oxygens (including phenoxy) is 1. The Kier molecular flexibility index (Phi) is 7.35. The summed E-state index contributed by atoms with van der Waals surface area (Å²) in [6.45, 7) is 1.01. The summed E-state index contributed by atoms with van der Waals surface area (Å²) in [5.74, 6) is -0.915. The van der Waals surface area contributed by atoms with Crippen LogP contribution in [0.5, 0.6) is 0 Å². The zero-order chi connectivity index (χ0) is 20.5. The second-order valence-corrected chi connectivity index (χ2v) is 7.30. The van der Waals surface area contributed by atoms with E-state index in [0.29, 0.717) is 6.54 Å². The third kappa shape index (κ3) is 6.15. The van der Waals surface area contributed by atoms with Gasteiger partial charge in [0.25, 0.3) is 5.91 Å². The number of aromatic nitrogens is 1. The van der Waals surface area contributed by atoms with Crippen molar-refractivity contribution < 1.29 is 14.3 Å². The van der Waals surface area contributed by atoms with Crippen molar-refractivity contribution in [3.63, 3.8) is 0 Å². The third-order valence-electron chi connectivity index (χ3n) is 4.26. The van der Waals surface area contributed by atoms with E-state index in [1.165, 1.54) is 11.3 Å². The van der Waals surface area contributed by atoms with Crippen LogP contribution in [0.25, 0.3) is 10.6 Å². The molecular weight excluding hydrogens is 386 g/mol. The zero-order valence-corrected chi connectivity index (χ0v) is 17.0. The molecule has 0 radical (unpaired) electrons. The van der Waals surface area contributed by atoms with Gasteiger partial charge in [0.1, 0.15) is 5.01 Å². The number of amides is 1. The minimum atomic E-state index is -0.595. The second-order valence-electron chi connectivity index (χ2n) is 6.44. The highest BCUT2D eigenvalue weighted by Gasteiger charge is 2.14. The predicted molar refractivity (Wildman–Crippen MR) is 115 cm³/mol. The maximum Gasteiger partial charge on any atom is 0.358 e. The first-order valence-corrected chi connectivity index (χ1v) is 10.2. The molecule has 6 nitrogen and oxygen atoms in total. The normalized spacial score (nSPS) is 10.4. The average molecular weight is 410 g/mol. The minimum absolute atomic E-state index is 0.214. The number of hydrogen-bond donors (Lipinski definition) is 1. The summed E-state index contributed by atoms with van der Waals surface area (Å²) >= 11 is 1.37. The molecule has 0 bridgehead atoms. The van der Waals surface area contributed by atoms with Gasteiger partial charge in [-0.15, -0.1) is 11.3 Å². The summed E-state index contributed by atoms with van der Waals surface area (Å²) in [4.78, 5) is 30.4. The fourth-order valence-corrected chi connectivity index (χ4v) is 3.49. The van der Waals surface area contributed by atoms with Crippen molar-refractivity contribution in [2.75, 3.05) is 31.6 Å². The average Bonchev–Trinajstić information content (AvgIpc) is 3.26. The number of nitrogens with zero attached hydrogens (tertiary/aromatic N) is 2. The largest absolute Gasteiger partial charge is 0.451 e. The number of nitrogens with one attached hydrogen (secondary N) is 1. The Morgan fingerprint density at radius 3 is 2.48 bits per heavy atom. The summed E-state index contributed by atoms with van der Waals surface area (Å²) in [6.07, 6.45) is 0.789. The van der Waals surface area contributed by atoms with E-state index in [2.05, 4.69) is 15.2 Å². The molecule has 0 atom stereocenters. The molecule has 1 heterocycles. The molecule has 0 aliphatic carbocycles. The highest BCUT2D eigenvalue weighted by atomic mass is 32.1. The molecule has 1 amide bonds. The Morgan fingerprint density at radius 1 is 1.07 bits per heavy atom. The van der Waals surface area contributed by atoms with Gasteiger partial charge >= 0.3 is 5.97 Å². The van der Waals surface area contributed by atoms with E-state index < -0.39 is 5.97 Å². The van der Waals surface area contributed by atoms with Crippen molar-refractivity contribution in [2.24, 2.45) is 0 Å². The number of thiazole rings is 1. The fourth-order valence-electron chi connectivity index (χ4n) is 2.69. The highest BCUT2D eigenvalue weighted by Crippen LogP contribution is 2.23. The molecule has 1 N–H and O–H groups in total. The van der Waals surface area contributed by atoms with E-state index in [1.54, 1.807) is 5.38 Å². The Hall–Kier alpha value is -3.19.